The van der Waals surface area contributed by atoms with Crippen molar-refractivity contribution in [1.29, 1.82) is 0 Å². The van der Waals surface area contributed by atoms with Crippen LogP contribution in [-0.4, -0.2) is 23.7 Å². The molecule has 1 fully saturated rings. The van der Waals surface area contributed by atoms with Gasteiger partial charge in [-0.15, -0.1) is 0 Å². The van der Waals surface area contributed by atoms with Crippen molar-refractivity contribution in [1.82, 2.24) is 5.32 Å². The highest BCUT2D eigenvalue weighted by Gasteiger charge is 2.29. The zero-order chi connectivity index (χ0) is 8.43. The van der Waals surface area contributed by atoms with E-state index in [-0.39, 0.29) is 18.2 Å². The Hall–Kier alpha value is -0.570. The van der Waals surface area contributed by atoms with E-state index < -0.39 is 6.10 Å². The van der Waals surface area contributed by atoms with E-state index in [0.717, 1.165) is 0 Å². The normalized spacial score (nSPS) is 32.2. The lowest BCUT2D eigenvalue weighted by Crippen LogP contribution is -2.45. The number of carbonyl (C=O) groups is 1. The molecule has 3 heteroatoms. The van der Waals surface area contributed by atoms with E-state index in [0.29, 0.717) is 12.5 Å². The van der Waals surface area contributed by atoms with Gasteiger partial charge in [0.1, 0.15) is 0 Å². The van der Waals surface area contributed by atoms with Crippen LogP contribution in [-0.2, 0) is 4.79 Å². The fraction of sp³-hybridized carbons (Fsp3) is 0.875. The van der Waals surface area contributed by atoms with Gasteiger partial charge in [-0.05, 0) is 5.92 Å². The summed E-state index contributed by atoms with van der Waals surface area (Å²) in [6.45, 7) is 4.74. The van der Waals surface area contributed by atoms with Crippen LogP contribution in [0.15, 0.2) is 0 Å². The Morgan fingerprint density at radius 3 is 2.73 bits per heavy atom. The number of piperidine rings is 1. The second kappa shape index (κ2) is 3.22. The van der Waals surface area contributed by atoms with Crippen molar-refractivity contribution < 1.29 is 9.90 Å². The van der Waals surface area contributed by atoms with E-state index in [1.54, 1.807) is 0 Å². The molecular weight excluding hydrogens is 142 g/mol. The summed E-state index contributed by atoms with van der Waals surface area (Å²) in [5.74, 6) is 0.632. The lowest BCUT2D eigenvalue weighted by molar-refractivity contribution is -0.127. The summed E-state index contributed by atoms with van der Waals surface area (Å²) in [5.41, 5.74) is 0. The first-order chi connectivity index (χ1) is 5.11. The van der Waals surface area contributed by atoms with E-state index in [9.17, 15) is 9.90 Å². The van der Waals surface area contributed by atoms with Crippen LogP contribution in [0.4, 0.5) is 0 Å². The molecule has 0 unspecified atom stereocenters. The van der Waals surface area contributed by atoms with Crippen LogP contribution >= 0.6 is 0 Å². The quantitative estimate of drug-likeness (QED) is 0.569. The maximum absolute atomic E-state index is 10.8. The van der Waals surface area contributed by atoms with Gasteiger partial charge in [-0.1, -0.05) is 13.8 Å². The van der Waals surface area contributed by atoms with E-state index in [4.69, 9.17) is 0 Å². The third-order valence-electron chi connectivity index (χ3n) is 2.28. The maximum Gasteiger partial charge on any atom is 0.222 e. The van der Waals surface area contributed by atoms with E-state index in [1.807, 2.05) is 0 Å². The Morgan fingerprint density at radius 2 is 2.27 bits per heavy atom. The van der Waals surface area contributed by atoms with Gasteiger partial charge in [-0.3, -0.25) is 4.79 Å². The van der Waals surface area contributed by atoms with Crippen molar-refractivity contribution in [2.45, 2.75) is 26.4 Å². The minimum atomic E-state index is -0.441. The summed E-state index contributed by atoms with van der Waals surface area (Å²) in [6, 6.07) is 0. The number of nitrogens with one attached hydrogen (secondary N) is 1. The molecule has 2 N–H and O–H groups in total. The highest BCUT2D eigenvalue weighted by Crippen LogP contribution is 2.19. The molecule has 3 nitrogen and oxygen atoms in total. The van der Waals surface area contributed by atoms with Gasteiger partial charge in [0, 0.05) is 12.5 Å². The molecule has 0 saturated carbocycles. The van der Waals surface area contributed by atoms with Crippen molar-refractivity contribution in [2.75, 3.05) is 6.54 Å². The summed E-state index contributed by atoms with van der Waals surface area (Å²) < 4.78 is 0. The third-order valence-corrected chi connectivity index (χ3v) is 2.28. The van der Waals surface area contributed by atoms with Crippen molar-refractivity contribution >= 4 is 5.91 Å². The minimum Gasteiger partial charge on any atom is -0.392 e. The standard InChI is InChI=1S/C8H15NO2/c1-5(2)6-4-9-8(11)3-7(6)10/h5-7,10H,3-4H2,1-2H3,(H,9,11)/t6-,7-/m1/s1. The van der Waals surface area contributed by atoms with Gasteiger partial charge < -0.3 is 10.4 Å². The monoisotopic (exact) mass is 157 g/mol. The Kier molecular flexibility index (Phi) is 2.49. The molecule has 64 valence electrons. The van der Waals surface area contributed by atoms with Gasteiger partial charge in [0.2, 0.25) is 5.91 Å². The van der Waals surface area contributed by atoms with Crippen LogP contribution in [0.25, 0.3) is 0 Å². The second-order valence-corrected chi connectivity index (χ2v) is 3.48. The molecule has 1 rings (SSSR count). The van der Waals surface area contributed by atoms with E-state index in [1.165, 1.54) is 0 Å². The number of aliphatic hydroxyl groups is 1. The maximum atomic E-state index is 10.8. The second-order valence-electron chi connectivity index (χ2n) is 3.48. The van der Waals surface area contributed by atoms with Crippen LogP contribution < -0.4 is 5.32 Å². The number of amides is 1. The van der Waals surface area contributed by atoms with Crippen LogP contribution in [0.2, 0.25) is 0 Å². The first-order valence-electron chi connectivity index (χ1n) is 4.06. The predicted molar refractivity (Wildman–Crippen MR) is 42.0 cm³/mol. The van der Waals surface area contributed by atoms with Crippen LogP contribution in [0.3, 0.4) is 0 Å². The van der Waals surface area contributed by atoms with Gasteiger partial charge in [-0.25, -0.2) is 0 Å². The van der Waals surface area contributed by atoms with Gasteiger partial charge in [-0.2, -0.15) is 0 Å². The molecule has 1 aliphatic rings. The fourth-order valence-corrected chi connectivity index (χ4v) is 1.46. The predicted octanol–water partition coefficient (Wildman–Crippen LogP) is 0.139. The summed E-state index contributed by atoms with van der Waals surface area (Å²) in [4.78, 5) is 10.8. The first-order valence-corrected chi connectivity index (χ1v) is 4.06. The number of hydrogen-bond donors (Lipinski definition) is 2. The highest BCUT2D eigenvalue weighted by molar-refractivity contribution is 5.77. The summed E-state index contributed by atoms with van der Waals surface area (Å²) >= 11 is 0. The van der Waals surface area contributed by atoms with Gasteiger partial charge >= 0.3 is 0 Å². The summed E-state index contributed by atoms with van der Waals surface area (Å²) in [7, 11) is 0. The molecule has 0 aromatic heterocycles. The molecule has 0 radical (unpaired) electrons. The van der Waals surface area contributed by atoms with Crippen LogP contribution in [0.1, 0.15) is 20.3 Å². The lowest BCUT2D eigenvalue weighted by atomic mass is 9.86. The lowest BCUT2D eigenvalue weighted by Gasteiger charge is -2.30. The Balaban J connectivity index is 2.50. The number of aliphatic hydroxyl groups excluding tert-OH is 1. The van der Waals surface area contributed by atoms with Gasteiger partial charge in [0.15, 0.2) is 0 Å². The fourth-order valence-electron chi connectivity index (χ4n) is 1.46. The average molecular weight is 157 g/mol. The Labute approximate surface area is 66.8 Å². The molecule has 0 spiro atoms. The molecule has 2 atom stereocenters. The van der Waals surface area contributed by atoms with Crippen LogP contribution in [0.5, 0.6) is 0 Å². The zero-order valence-corrected chi connectivity index (χ0v) is 7.00. The molecule has 0 bridgehead atoms. The first kappa shape index (κ1) is 8.53. The van der Waals surface area contributed by atoms with E-state index >= 15 is 0 Å². The van der Waals surface area contributed by atoms with Crippen molar-refractivity contribution in [2.24, 2.45) is 11.8 Å². The number of rotatable bonds is 1. The van der Waals surface area contributed by atoms with Crippen molar-refractivity contribution in [3.8, 4) is 0 Å². The van der Waals surface area contributed by atoms with Gasteiger partial charge in [0.05, 0.1) is 12.5 Å². The SMILES string of the molecule is CC(C)[C@H]1CNC(=O)C[C@H]1O. The molecule has 1 saturated heterocycles. The summed E-state index contributed by atoms with van der Waals surface area (Å²) in [5, 5.41) is 12.2. The summed E-state index contributed by atoms with van der Waals surface area (Å²) in [6.07, 6.45) is -0.174. The zero-order valence-electron chi connectivity index (χ0n) is 7.00. The highest BCUT2D eigenvalue weighted by atomic mass is 16.3. The average Bonchev–Trinajstić information content (AvgIpc) is 1.85. The van der Waals surface area contributed by atoms with Crippen molar-refractivity contribution in [3.05, 3.63) is 0 Å². The Bertz CT molecular complexity index is 156. The van der Waals surface area contributed by atoms with E-state index in [2.05, 4.69) is 19.2 Å². The smallest absolute Gasteiger partial charge is 0.222 e. The molecule has 0 aliphatic carbocycles. The van der Waals surface area contributed by atoms with Crippen molar-refractivity contribution in [3.63, 3.8) is 0 Å². The molecule has 0 aromatic carbocycles. The molecule has 1 amide bonds. The topological polar surface area (TPSA) is 49.3 Å². The van der Waals surface area contributed by atoms with Gasteiger partial charge in [0.25, 0.3) is 0 Å². The minimum absolute atomic E-state index is 0.0330. The number of carbonyl (C=O) groups excluding carboxylic acids is 1. The molecule has 1 aliphatic heterocycles. The van der Waals surface area contributed by atoms with Crippen LogP contribution in [0, 0.1) is 11.8 Å². The largest absolute Gasteiger partial charge is 0.392 e. The Morgan fingerprint density at radius 1 is 1.64 bits per heavy atom. The molecule has 1 heterocycles. The third kappa shape index (κ3) is 1.93. The molecule has 0 aromatic rings. The molecule has 11 heavy (non-hydrogen) atoms. The number of hydrogen-bond acceptors (Lipinski definition) is 2. The molecular formula is C8H15NO2.